The van der Waals surface area contributed by atoms with Gasteiger partial charge in [-0.1, -0.05) is 30.3 Å². The molecule has 0 amide bonds. The Hall–Kier alpha value is -1.23. The summed E-state index contributed by atoms with van der Waals surface area (Å²) in [4.78, 5) is 11.4. The third-order valence-corrected chi connectivity index (χ3v) is 3.45. The first-order chi connectivity index (χ1) is 9.29. The molecule has 0 aromatic heterocycles. The molecular formula is C15H21NO3. The Morgan fingerprint density at radius 2 is 2.16 bits per heavy atom. The van der Waals surface area contributed by atoms with Gasteiger partial charge in [-0.2, -0.15) is 0 Å². The molecular weight excluding hydrogens is 242 g/mol. The van der Waals surface area contributed by atoms with Gasteiger partial charge in [0.25, 0.3) is 0 Å². The second-order valence-electron chi connectivity index (χ2n) is 4.94. The summed E-state index contributed by atoms with van der Waals surface area (Å²) >= 11 is 0. The summed E-state index contributed by atoms with van der Waals surface area (Å²) in [6.07, 6.45) is 2.41. The number of Topliss-reactive ketones (excluding diaryl/α,β-unsaturated/α-hetero) is 1. The first kappa shape index (κ1) is 14.2. The van der Waals surface area contributed by atoms with Gasteiger partial charge in [-0.05, 0) is 24.9 Å². The van der Waals surface area contributed by atoms with Crippen LogP contribution < -0.4 is 5.32 Å². The third kappa shape index (κ3) is 4.42. The molecule has 2 rings (SSSR count). The molecule has 0 saturated carbocycles. The second kappa shape index (κ2) is 7.38. The lowest BCUT2D eigenvalue weighted by Crippen LogP contribution is -2.47. The molecule has 0 radical (unpaired) electrons. The highest BCUT2D eigenvalue weighted by atomic mass is 16.5. The molecule has 4 heteroatoms. The summed E-state index contributed by atoms with van der Waals surface area (Å²) in [5.74, 6) is -0.132. The van der Waals surface area contributed by atoms with Crippen LogP contribution >= 0.6 is 0 Å². The van der Waals surface area contributed by atoms with E-state index < -0.39 is 0 Å². The van der Waals surface area contributed by atoms with Gasteiger partial charge >= 0.3 is 0 Å². The van der Waals surface area contributed by atoms with Gasteiger partial charge in [-0.15, -0.1) is 0 Å². The summed E-state index contributed by atoms with van der Waals surface area (Å²) in [6.45, 7) is 1.09. The number of aliphatic hydroxyl groups excluding tert-OH is 1. The number of hydrogen-bond donors (Lipinski definition) is 2. The number of benzene rings is 1. The summed E-state index contributed by atoms with van der Waals surface area (Å²) in [5.41, 5.74) is 1.14. The average Bonchev–Trinajstić information content (AvgIpc) is 2.47. The van der Waals surface area contributed by atoms with Crippen molar-refractivity contribution in [1.82, 2.24) is 5.32 Å². The number of carbonyl (C=O) groups excluding carboxylic acids is 1. The van der Waals surface area contributed by atoms with E-state index in [1.165, 1.54) is 0 Å². The molecule has 1 aliphatic rings. The number of hydrogen-bond acceptors (Lipinski definition) is 4. The smallest absolute Gasteiger partial charge is 0.159 e. The molecule has 0 spiro atoms. The van der Waals surface area contributed by atoms with Crippen molar-refractivity contribution >= 4 is 5.78 Å². The topological polar surface area (TPSA) is 58.6 Å². The minimum absolute atomic E-state index is 0.0251. The molecule has 0 unspecified atom stereocenters. The first-order valence-electron chi connectivity index (χ1n) is 6.81. The van der Waals surface area contributed by atoms with E-state index in [9.17, 15) is 4.79 Å². The van der Waals surface area contributed by atoms with Crippen molar-refractivity contribution in [2.45, 2.75) is 38.0 Å². The summed E-state index contributed by atoms with van der Waals surface area (Å²) in [7, 11) is 0. The van der Waals surface area contributed by atoms with Crippen molar-refractivity contribution in [2.24, 2.45) is 0 Å². The van der Waals surface area contributed by atoms with E-state index in [1.54, 1.807) is 0 Å². The molecule has 1 heterocycles. The van der Waals surface area contributed by atoms with E-state index in [0.717, 1.165) is 24.9 Å². The largest absolute Gasteiger partial charge is 0.389 e. The minimum atomic E-state index is -0.385. The van der Waals surface area contributed by atoms with Crippen LogP contribution in [0.4, 0.5) is 0 Å². The van der Waals surface area contributed by atoms with E-state index in [1.807, 2.05) is 30.3 Å². The zero-order chi connectivity index (χ0) is 13.5. The van der Waals surface area contributed by atoms with Crippen LogP contribution in [0.25, 0.3) is 0 Å². The Morgan fingerprint density at radius 1 is 1.37 bits per heavy atom. The van der Waals surface area contributed by atoms with Crippen molar-refractivity contribution in [3.63, 3.8) is 0 Å². The molecule has 1 aliphatic heterocycles. The van der Waals surface area contributed by atoms with Crippen LogP contribution in [0.15, 0.2) is 30.3 Å². The van der Waals surface area contributed by atoms with Crippen molar-refractivity contribution < 1.29 is 14.6 Å². The second-order valence-corrected chi connectivity index (χ2v) is 4.94. The molecule has 0 bridgehead atoms. The fourth-order valence-corrected chi connectivity index (χ4v) is 2.41. The molecule has 1 fully saturated rings. The highest BCUT2D eigenvalue weighted by molar-refractivity contribution is 5.80. The maximum atomic E-state index is 11.4. The van der Waals surface area contributed by atoms with Gasteiger partial charge in [0.2, 0.25) is 0 Å². The van der Waals surface area contributed by atoms with Crippen LogP contribution in [0.2, 0.25) is 0 Å². The zero-order valence-electron chi connectivity index (χ0n) is 11.0. The van der Waals surface area contributed by atoms with Crippen LogP contribution in [-0.4, -0.2) is 36.2 Å². The van der Waals surface area contributed by atoms with Gasteiger partial charge in [-0.3, -0.25) is 4.79 Å². The van der Waals surface area contributed by atoms with Crippen LogP contribution in [0.1, 0.15) is 24.8 Å². The fraction of sp³-hybridized carbons (Fsp3) is 0.533. The predicted molar refractivity (Wildman–Crippen MR) is 72.8 cm³/mol. The molecule has 0 aliphatic carbocycles. The minimum Gasteiger partial charge on any atom is -0.389 e. The maximum absolute atomic E-state index is 11.4. The third-order valence-electron chi connectivity index (χ3n) is 3.45. The normalized spacial score (nSPS) is 23.2. The summed E-state index contributed by atoms with van der Waals surface area (Å²) in [6, 6.07) is 10.1. The van der Waals surface area contributed by atoms with Crippen molar-refractivity contribution in [2.75, 3.05) is 13.2 Å². The SMILES string of the molecule is O=C(CO)C[C@@H]1NCCC[C@@H]1OCc1ccccc1. The molecule has 2 atom stereocenters. The van der Waals surface area contributed by atoms with Crippen LogP contribution in [0.3, 0.4) is 0 Å². The lowest BCUT2D eigenvalue weighted by molar-refractivity contribution is -0.123. The first-order valence-corrected chi connectivity index (χ1v) is 6.81. The van der Waals surface area contributed by atoms with E-state index >= 15 is 0 Å². The number of piperidine rings is 1. The lowest BCUT2D eigenvalue weighted by Gasteiger charge is -2.32. The Balaban J connectivity index is 1.87. The number of aliphatic hydroxyl groups is 1. The molecule has 2 N–H and O–H groups in total. The lowest BCUT2D eigenvalue weighted by atomic mass is 9.96. The van der Waals surface area contributed by atoms with Crippen molar-refractivity contribution in [3.05, 3.63) is 35.9 Å². The van der Waals surface area contributed by atoms with Crippen molar-refractivity contribution in [1.29, 1.82) is 0 Å². The zero-order valence-corrected chi connectivity index (χ0v) is 11.0. The Kier molecular flexibility index (Phi) is 5.51. The van der Waals surface area contributed by atoms with Crippen molar-refractivity contribution in [3.8, 4) is 0 Å². The summed E-state index contributed by atoms with van der Waals surface area (Å²) in [5, 5.41) is 12.2. The fourth-order valence-electron chi connectivity index (χ4n) is 2.41. The average molecular weight is 263 g/mol. The standard InChI is InChI=1S/C15H21NO3/c17-10-13(18)9-14-15(7-4-8-16-14)19-11-12-5-2-1-3-6-12/h1-3,5-6,14-17H,4,7-11H2/t14-,15-/m0/s1. The molecule has 4 nitrogen and oxygen atoms in total. The van der Waals surface area contributed by atoms with Crippen LogP contribution in [-0.2, 0) is 16.1 Å². The number of ketones is 1. The van der Waals surface area contributed by atoms with Gasteiger partial charge < -0.3 is 15.2 Å². The summed E-state index contributed by atoms with van der Waals surface area (Å²) < 4.78 is 5.93. The predicted octanol–water partition coefficient (Wildman–Crippen LogP) is 1.28. The van der Waals surface area contributed by atoms with Crippen LogP contribution in [0, 0.1) is 0 Å². The molecule has 104 valence electrons. The molecule has 1 aromatic carbocycles. The monoisotopic (exact) mass is 263 g/mol. The highest BCUT2D eigenvalue weighted by Gasteiger charge is 2.27. The maximum Gasteiger partial charge on any atom is 0.159 e. The van der Waals surface area contributed by atoms with Gasteiger partial charge in [0.1, 0.15) is 6.61 Å². The highest BCUT2D eigenvalue weighted by Crippen LogP contribution is 2.17. The van der Waals surface area contributed by atoms with E-state index in [4.69, 9.17) is 9.84 Å². The van der Waals surface area contributed by atoms with Crippen LogP contribution in [0.5, 0.6) is 0 Å². The van der Waals surface area contributed by atoms with E-state index in [-0.39, 0.29) is 24.5 Å². The van der Waals surface area contributed by atoms with E-state index in [0.29, 0.717) is 13.0 Å². The molecule has 1 saturated heterocycles. The number of ether oxygens (including phenoxy) is 1. The molecule has 19 heavy (non-hydrogen) atoms. The Labute approximate surface area is 113 Å². The molecule has 1 aromatic rings. The number of nitrogens with one attached hydrogen (secondary N) is 1. The Morgan fingerprint density at radius 3 is 2.89 bits per heavy atom. The van der Waals surface area contributed by atoms with Gasteiger partial charge in [0.05, 0.1) is 12.7 Å². The Bertz CT molecular complexity index is 394. The number of rotatable bonds is 6. The van der Waals surface area contributed by atoms with E-state index in [2.05, 4.69) is 5.32 Å². The number of carbonyl (C=O) groups is 1. The van der Waals surface area contributed by atoms with Gasteiger partial charge in [0.15, 0.2) is 5.78 Å². The quantitative estimate of drug-likeness (QED) is 0.811. The van der Waals surface area contributed by atoms with Gasteiger partial charge in [0, 0.05) is 12.5 Å². The van der Waals surface area contributed by atoms with Gasteiger partial charge in [-0.25, -0.2) is 0 Å².